The molecule has 1 N–H and O–H groups in total. The van der Waals surface area contributed by atoms with E-state index in [1.807, 2.05) is 0 Å². The number of hydrogen-bond acceptors (Lipinski definition) is 2. The van der Waals surface area contributed by atoms with Gasteiger partial charge in [-0.2, -0.15) is 0 Å². The average molecular weight is 294 g/mol. The fraction of sp³-hybridized carbons (Fsp3) is 0.647. The van der Waals surface area contributed by atoms with Crippen molar-refractivity contribution in [3.05, 3.63) is 28.3 Å². The predicted molar refractivity (Wildman–Crippen MR) is 83.8 cm³/mol. The van der Waals surface area contributed by atoms with Gasteiger partial charge in [0.25, 0.3) is 0 Å². The van der Waals surface area contributed by atoms with E-state index in [1.165, 1.54) is 36.8 Å². The van der Waals surface area contributed by atoms with Gasteiger partial charge < -0.3 is 10.1 Å². The SMILES string of the molecule is CC(CCNC1CC1)CCc1cc(Cl)cc2c1OCC2. The number of ether oxygens (including phenoxy) is 1. The van der Waals surface area contributed by atoms with Gasteiger partial charge in [-0.15, -0.1) is 0 Å². The number of aryl methyl sites for hydroxylation is 1. The molecule has 1 aromatic carbocycles. The molecule has 1 atom stereocenters. The zero-order valence-corrected chi connectivity index (χ0v) is 13.0. The van der Waals surface area contributed by atoms with Crippen LogP contribution in [0.15, 0.2) is 12.1 Å². The van der Waals surface area contributed by atoms with Crippen LogP contribution in [0.2, 0.25) is 5.02 Å². The predicted octanol–water partition coefficient (Wildman–Crippen LogP) is 3.99. The second-order valence-corrected chi connectivity index (χ2v) is 6.75. The molecule has 1 unspecified atom stereocenters. The molecule has 1 heterocycles. The summed E-state index contributed by atoms with van der Waals surface area (Å²) in [7, 11) is 0. The van der Waals surface area contributed by atoms with Crippen LogP contribution < -0.4 is 10.1 Å². The van der Waals surface area contributed by atoms with Gasteiger partial charge in [0.2, 0.25) is 0 Å². The molecule has 110 valence electrons. The van der Waals surface area contributed by atoms with E-state index in [0.717, 1.165) is 48.7 Å². The Balaban J connectivity index is 1.49. The van der Waals surface area contributed by atoms with E-state index in [2.05, 4.69) is 24.4 Å². The van der Waals surface area contributed by atoms with Gasteiger partial charge in [0.1, 0.15) is 5.75 Å². The Labute approximate surface area is 126 Å². The number of halogens is 1. The Morgan fingerprint density at radius 3 is 3.00 bits per heavy atom. The van der Waals surface area contributed by atoms with Crippen LogP contribution in [0.5, 0.6) is 5.75 Å². The molecule has 0 radical (unpaired) electrons. The molecule has 2 nitrogen and oxygen atoms in total. The van der Waals surface area contributed by atoms with E-state index in [4.69, 9.17) is 16.3 Å². The quantitative estimate of drug-likeness (QED) is 0.821. The van der Waals surface area contributed by atoms with Crippen molar-refractivity contribution in [2.45, 2.75) is 51.5 Å². The lowest BCUT2D eigenvalue weighted by Gasteiger charge is -2.14. The molecule has 1 aliphatic heterocycles. The molecule has 1 aromatic rings. The minimum atomic E-state index is 0.747. The second kappa shape index (κ2) is 6.36. The van der Waals surface area contributed by atoms with E-state index >= 15 is 0 Å². The van der Waals surface area contributed by atoms with Crippen LogP contribution in [0.1, 0.15) is 43.7 Å². The van der Waals surface area contributed by atoms with Crippen LogP contribution in [0.4, 0.5) is 0 Å². The lowest BCUT2D eigenvalue weighted by Crippen LogP contribution is -2.19. The highest BCUT2D eigenvalue weighted by molar-refractivity contribution is 6.30. The Kier molecular flexibility index (Phi) is 4.52. The van der Waals surface area contributed by atoms with Gasteiger partial charge in [-0.25, -0.2) is 0 Å². The molecule has 1 aliphatic carbocycles. The van der Waals surface area contributed by atoms with E-state index in [0.29, 0.717) is 0 Å². The monoisotopic (exact) mass is 293 g/mol. The molecular weight excluding hydrogens is 270 g/mol. The van der Waals surface area contributed by atoms with Crippen molar-refractivity contribution >= 4 is 11.6 Å². The fourth-order valence-corrected chi connectivity index (χ4v) is 3.16. The smallest absolute Gasteiger partial charge is 0.125 e. The molecule has 0 spiro atoms. The largest absolute Gasteiger partial charge is 0.493 e. The molecule has 20 heavy (non-hydrogen) atoms. The average Bonchev–Trinajstić information content (AvgIpc) is 3.12. The zero-order valence-electron chi connectivity index (χ0n) is 12.3. The molecular formula is C17H24ClNO. The first-order chi connectivity index (χ1) is 9.72. The third-order valence-corrected chi connectivity index (χ3v) is 4.60. The first-order valence-electron chi connectivity index (χ1n) is 7.90. The highest BCUT2D eigenvalue weighted by Gasteiger charge is 2.20. The third-order valence-electron chi connectivity index (χ3n) is 4.38. The molecule has 0 aromatic heterocycles. The Bertz CT molecular complexity index is 470. The first-order valence-corrected chi connectivity index (χ1v) is 8.27. The number of nitrogens with one attached hydrogen (secondary N) is 1. The van der Waals surface area contributed by atoms with Crippen LogP contribution in [0.25, 0.3) is 0 Å². The van der Waals surface area contributed by atoms with E-state index in [-0.39, 0.29) is 0 Å². The van der Waals surface area contributed by atoms with Crippen LogP contribution in [-0.4, -0.2) is 19.2 Å². The van der Waals surface area contributed by atoms with Gasteiger partial charge in [-0.05, 0) is 67.8 Å². The van der Waals surface area contributed by atoms with Crippen LogP contribution in [-0.2, 0) is 12.8 Å². The maximum absolute atomic E-state index is 6.20. The van der Waals surface area contributed by atoms with Crippen LogP contribution >= 0.6 is 11.6 Å². The normalized spacial score (nSPS) is 18.7. The standard InChI is InChI=1S/C17H24ClNO/c1-12(6-8-19-16-4-5-16)2-3-13-10-15(18)11-14-7-9-20-17(13)14/h10-12,16,19H,2-9H2,1H3. The summed E-state index contributed by atoms with van der Waals surface area (Å²) in [5.41, 5.74) is 2.59. The summed E-state index contributed by atoms with van der Waals surface area (Å²) in [5.74, 6) is 1.86. The summed E-state index contributed by atoms with van der Waals surface area (Å²) in [6, 6.07) is 4.96. The molecule has 3 rings (SSSR count). The zero-order chi connectivity index (χ0) is 13.9. The summed E-state index contributed by atoms with van der Waals surface area (Å²) in [6.07, 6.45) is 7.31. The number of rotatable bonds is 7. The van der Waals surface area contributed by atoms with E-state index in [9.17, 15) is 0 Å². The van der Waals surface area contributed by atoms with Crippen molar-refractivity contribution in [1.29, 1.82) is 0 Å². The molecule has 0 amide bonds. The first kappa shape index (κ1) is 14.2. The highest BCUT2D eigenvalue weighted by Crippen LogP contribution is 2.34. The summed E-state index contributed by atoms with van der Waals surface area (Å²) in [6.45, 7) is 4.32. The summed E-state index contributed by atoms with van der Waals surface area (Å²) < 4.78 is 5.77. The Morgan fingerprint density at radius 1 is 1.35 bits per heavy atom. The minimum Gasteiger partial charge on any atom is -0.493 e. The van der Waals surface area contributed by atoms with Gasteiger partial charge in [0, 0.05) is 17.5 Å². The lowest BCUT2D eigenvalue weighted by molar-refractivity contribution is 0.352. The summed E-state index contributed by atoms with van der Waals surface area (Å²) in [4.78, 5) is 0. The molecule has 2 aliphatic rings. The van der Waals surface area contributed by atoms with Crippen LogP contribution in [0, 0.1) is 5.92 Å². The number of fused-ring (bicyclic) bond motifs is 1. The fourth-order valence-electron chi connectivity index (χ4n) is 2.90. The maximum Gasteiger partial charge on any atom is 0.125 e. The topological polar surface area (TPSA) is 21.3 Å². The number of benzene rings is 1. The highest BCUT2D eigenvalue weighted by atomic mass is 35.5. The van der Waals surface area contributed by atoms with Crippen molar-refractivity contribution in [1.82, 2.24) is 5.32 Å². The van der Waals surface area contributed by atoms with Crippen molar-refractivity contribution in [3.8, 4) is 5.75 Å². The minimum absolute atomic E-state index is 0.747. The van der Waals surface area contributed by atoms with E-state index in [1.54, 1.807) is 0 Å². The van der Waals surface area contributed by atoms with Gasteiger partial charge in [-0.3, -0.25) is 0 Å². The van der Waals surface area contributed by atoms with Crippen molar-refractivity contribution in [3.63, 3.8) is 0 Å². The Hall–Kier alpha value is -0.730. The summed E-state index contributed by atoms with van der Waals surface area (Å²) in [5, 5.41) is 4.44. The molecule has 3 heteroatoms. The summed E-state index contributed by atoms with van der Waals surface area (Å²) >= 11 is 6.20. The van der Waals surface area contributed by atoms with E-state index < -0.39 is 0 Å². The molecule has 0 saturated heterocycles. The Morgan fingerprint density at radius 2 is 2.20 bits per heavy atom. The second-order valence-electron chi connectivity index (χ2n) is 6.31. The van der Waals surface area contributed by atoms with Crippen LogP contribution in [0.3, 0.4) is 0 Å². The molecule has 1 saturated carbocycles. The molecule has 0 bridgehead atoms. The lowest BCUT2D eigenvalue weighted by atomic mass is 9.96. The molecule has 1 fully saturated rings. The van der Waals surface area contributed by atoms with Gasteiger partial charge in [0.05, 0.1) is 6.61 Å². The third kappa shape index (κ3) is 3.67. The maximum atomic E-state index is 6.20. The van der Waals surface area contributed by atoms with Crippen molar-refractivity contribution in [2.75, 3.05) is 13.2 Å². The number of hydrogen-bond donors (Lipinski definition) is 1. The van der Waals surface area contributed by atoms with Crippen molar-refractivity contribution < 1.29 is 4.74 Å². The van der Waals surface area contributed by atoms with Gasteiger partial charge in [0.15, 0.2) is 0 Å². The van der Waals surface area contributed by atoms with Gasteiger partial charge >= 0.3 is 0 Å². The van der Waals surface area contributed by atoms with Gasteiger partial charge in [-0.1, -0.05) is 18.5 Å². The van der Waals surface area contributed by atoms with Crippen molar-refractivity contribution in [2.24, 2.45) is 5.92 Å².